The zero-order chi connectivity index (χ0) is 20.8. The lowest BCUT2D eigenvalue weighted by atomic mass is 10.1. The highest BCUT2D eigenvalue weighted by Crippen LogP contribution is 2.21. The SMILES string of the molecule is NC(=O)CNC(=O)c1ccc(NC(=O)c2ccc(N3CCCCC3=O)cc2)cc1. The second-order valence-electron chi connectivity index (χ2n) is 6.73. The van der Waals surface area contributed by atoms with E-state index >= 15 is 0 Å². The van der Waals surface area contributed by atoms with Crippen LogP contribution in [-0.4, -0.2) is 36.7 Å². The lowest BCUT2D eigenvalue weighted by molar-refractivity contribution is -0.119. The van der Waals surface area contributed by atoms with Crippen molar-refractivity contribution in [1.29, 1.82) is 0 Å². The molecule has 0 saturated carbocycles. The van der Waals surface area contributed by atoms with E-state index in [4.69, 9.17) is 5.73 Å². The van der Waals surface area contributed by atoms with Crippen molar-refractivity contribution < 1.29 is 19.2 Å². The van der Waals surface area contributed by atoms with E-state index in [9.17, 15) is 19.2 Å². The molecule has 0 spiro atoms. The second-order valence-corrected chi connectivity index (χ2v) is 6.73. The number of carbonyl (C=O) groups excluding carboxylic acids is 4. The van der Waals surface area contributed by atoms with Crippen LogP contribution < -0.4 is 21.3 Å². The Hall–Kier alpha value is -3.68. The topological polar surface area (TPSA) is 122 Å². The second kappa shape index (κ2) is 9.01. The van der Waals surface area contributed by atoms with Crippen LogP contribution in [0, 0.1) is 0 Å². The summed E-state index contributed by atoms with van der Waals surface area (Å²) in [6, 6.07) is 13.2. The number of hydrogen-bond acceptors (Lipinski definition) is 4. The minimum absolute atomic E-state index is 0.105. The molecule has 4 amide bonds. The van der Waals surface area contributed by atoms with E-state index < -0.39 is 11.8 Å². The Balaban J connectivity index is 1.60. The number of nitrogens with zero attached hydrogens (tertiary/aromatic N) is 1. The Morgan fingerprint density at radius 2 is 1.52 bits per heavy atom. The van der Waals surface area contributed by atoms with E-state index in [0.29, 0.717) is 29.8 Å². The molecule has 1 fully saturated rings. The van der Waals surface area contributed by atoms with Gasteiger partial charge in [0.25, 0.3) is 11.8 Å². The highest BCUT2D eigenvalue weighted by molar-refractivity contribution is 6.05. The lowest BCUT2D eigenvalue weighted by Gasteiger charge is -2.26. The zero-order valence-corrected chi connectivity index (χ0v) is 15.8. The predicted molar refractivity (Wildman–Crippen MR) is 109 cm³/mol. The number of nitrogens with two attached hydrogens (primary N) is 1. The standard InChI is InChI=1S/C21H22N4O4/c22-18(26)13-23-20(28)14-4-8-16(9-5-14)24-21(29)15-6-10-17(11-7-15)25-12-2-1-3-19(25)27/h4-11H,1-3,12-13H2,(H2,22,26)(H,23,28)(H,24,29). The van der Waals surface area contributed by atoms with E-state index in [1.807, 2.05) is 0 Å². The van der Waals surface area contributed by atoms with Crippen molar-refractivity contribution in [3.8, 4) is 0 Å². The van der Waals surface area contributed by atoms with Crippen LogP contribution in [0.5, 0.6) is 0 Å². The molecule has 1 saturated heterocycles. The first-order valence-corrected chi connectivity index (χ1v) is 9.32. The predicted octanol–water partition coefficient (Wildman–Crippen LogP) is 1.67. The number of benzene rings is 2. The minimum Gasteiger partial charge on any atom is -0.368 e. The van der Waals surface area contributed by atoms with Crippen LogP contribution in [0.3, 0.4) is 0 Å². The molecule has 0 unspecified atom stereocenters. The molecule has 1 aliphatic heterocycles. The Labute approximate surface area is 168 Å². The van der Waals surface area contributed by atoms with E-state index in [2.05, 4.69) is 10.6 Å². The van der Waals surface area contributed by atoms with Crippen molar-refractivity contribution in [2.24, 2.45) is 5.73 Å². The molecule has 0 aromatic heterocycles. The van der Waals surface area contributed by atoms with Crippen LogP contribution in [0.1, 0.15) is 40.0 Å². The molecule has 0 aliphatic carbocycles. The number of hydrogen-bond donors (Lipinski definition) is 3. The molecule has 8 nitrogen and oxygen atoms in total. The van der Waals surface area contributed by atoms with Crippen molar-refractivity contribution in [2.75, 3.05) is 23.3 Å². The normalized spacial score (nSPS) is 13.7. The Morgan fingerprint density at radius 1 is 0.897 bits per heavy atom. The molecule has 150 valence electrons. The van der Waals surface area contributed by atoms with Gasteiger partial charge in [0.05, 0.1) is 6.54 Å². The maximum Gasteiger partial charge on any atom is 0.255 e. The number of primary amides is 1. The summed E-state index contributed by atoms with van der Waals surface area (Å²) in [5.41, 5.74) is 7.11. The molecule has 0 bridgehead atoms. The number of piperidine rings is 1. The van der Waals surface area contributed by atoms with Gasteiger partial charge in [0.1, 0.15) is 0 Å². The third-order valence-electron chi connectivity index (χ3n) is 4.59. The smallest absolute Gasteiger partial charge is 0.255 e. The summed E-state index contributed by atoms with van der Waals surface area (Å²) in [4.78, 5) is 48.8. The molecule has 0 radical (unpaired) electrons. The van der Waals surface area contributed by atoms with Crippen LogP contribution in [0.25, 0.3) is 0 Å². The summed E-state index contributed by atoms with van der Waals surface area (Å²) in [6.45, 7) is 0.458. The van der Waals surface area contributed by atoms with Gasteiger partial charge in [0.15, 0.2) is 0 Å². The largest absolute Gasteiger partial charge is 0.368 e. The van der Waals surface area contributed by atoms with Crippen molar-refractivity contribution in [3.63, 3.8) is 0 Å². The van der Waals surface area contributed by atoms with Gasteiger partial charge in [0.2, 0.25) is 11.8 Å². The number of anilines is 2. The molecule has 1 aliphatic rings. The fraction of sp³-hybridized carbons (Fsp3) is 0.238. The average Bonchev–Trinajstić information content (AvgIpc) is 2.73. The fourth-order valence-electron chi connectivity index (χ4n) is 3.05. The van der Waals surface area contributed by atoms with Crippen molar-refractivity contribution in [3.05, 3.63) is 59.7 Å². The molecule has 29 heavy (non-hydrogen) atoms. The molecular weight excluding hydrogens is 372 g/mol. The summed E-state index contributed by atoms with van der Waals surface area (Å²) in [7, 11) is 0. The lowest BCUT2D eigenvalue weighted by Crippen LogP contribution is -2.35. The summed E-state index contributed by atoms with van der Waals surface area (Å²) in [5, 5.41) is 5.15. The summed E-state index contributed by atoms with van der Waals surface area (Å²) >= 11 is 0. The summed E-state index contributed by atoms with van der Waals surface area (Å²) in [6.07, 6.45) is 2.45. The number of amides is 4. The van der Waals surface area contributed by atoms with Crippen molar-refractivity contribution >= 4 is 35.0 Å². The average molecular weight is 394 g/mol. The van der Waals surface area contributed by atoms with Crippen LogP contribution in [0.15, 0.2) is 48.5 Å². The summed E-state index contributed by atoms with van der Waals surface area (Å²) in [5.74, 6) is -1.25. The van der Waals surface area contributed by atoms with E-state index in [-0.39, 0.29) is 18.4 Å². The Bertz CT molecular complexity index is 923. The fourth-order valence-corrected chi connectivity index (χ4v) is 3.05. The molecule has 2 aromatic carbocycles. The highest BCUT2D eigenvalue weighted by Gasteiger charge is 2.19. The van der Waals surface area contributed by atoms with Gasteiger partial charge in [-0.15, -0.1) is 0 Å². The maximum atomic E-state index is 12.4. The number of rotatable bonds is 6. The van der Waals surface area contributed by atoms with Gasteiger partial charge >= 0.3 is 0 Å². The number of carbonyl (C=O) groups is 4. The zero-order valence-electron chi connectivity index (χ0n) is 15.8. The first-order chi connectivity index (χ1) is 13.9. The quantitative estimate of drug-likeness (QED) is 0.690. The minimum atomic E-state index is -0.627. The molecule has 4 N–H and O–H groups in total. The van der Waals surface area contributed by atoms with Gasteiger partial charge < -0.3 is 21.3 Å². The van der Waals surface area contributed by atoms with Gasteiger partial charge in [0, 0.05) is 35.5 Å². The maximum absolute atomic E-state index is 12.4. The van der Waals surface area contributed by atoms with E-state index in [0.717, 1.165) is 18.5 Å². The molecule has 3 rings (SSSR count). The van der Waals surface area contributed by atoms with Crippen LogP contribution >= 0.6 is 0 Å². The van der Waals surface area contributed by atoms with E-state index in [1.165, 1.54) is 12.1 Å². The molecular formula is C21H22N4O4. The first kappa shape index (κ1) is 20.1. The van der Waals surface area contributed by atoms with Crippen LogP contribution in [0.2, 0.25) is 0 Å². The van der Waals surface area contributed by atoms with Crippen molar-refractivity contribution in [2.45, 2.75) is 19.3 Å². The Kier molecular flexibility index (Phi) is 6.23. The highest BCUT2D eigenvalue weighted by atomic mass is 16.2. The first-order valence-electron chi connectivity index (χ1n) is 9.32. The monoisotopic (exact) mass is 394 g/mol. The third-order valence-corrected chi connectivity index (χ3v) is 4.59. The summed E-state index contributed by atoms with van der Waals surface area (Å²) < 4.78 is 0. The molecule has 0 atom stereocenters. The van der Waals surface area contributed by atoms with Crippen LogP contribution in [0.4, 0.5) is 11.4 Å². The molecule has 1 heterocycles. The number of nitrogens with one attached hydrogen (secondary N) is 2. The van der Waals surface area contributed by atoms with Crippen molar-refractivity contribution in [1.82, 2.24) is 5.32 Å². The third kappa shape index (κ3) is 5.19. The Morgan fingerprint density at radius 3 is 2.14 bits per heavy atom. The van der Waals surface area contributed by atoms with Gasteiger partial charge in [-0.3, -0.25) is 19.2 Å². The molecule has 8 heteroatoms. The van der Waals surface area contributed by atoms with Gasteiger partial charge in [-0.25, -0.2) is 0 Å². The van der Waals surface area contributed by atoms with Gasteiger partial charge in [-0.2, -0.15) is 0 Å². The van der Waals surface area contributed by atoms with Crippen LogP contribution in [-0.2, 0) is 9.59 Å². The van der Waals surface area contributed by atoms with E-state index in [1.54, 1.807) is 41.3 Å². The molecule has 2 aromatic rings. The van der Waals surface area contributed by atoms with Gasteiger partial charge in [-0.1, -0.05) is 0 Å². The van der Waals surface area contributed by atoms with Gasteiger partial charge in [-0.05, 0) is 61.4 Å².